The molecule has 0 radical (unpaired) electrons. The van der Waals surface area contributed by atoms with Crippen LogP contribution < -0.4 is 10.6 Å². The first-order valence-corrected chi connectivity index (χ1v) is 8.44. The van der Waals surface area contributed by atoms with Crippen LogP contribution in [0.15, 0.2) is 24.3 Å². The minimum absolute atomic E-state index is 0.0984. The molecule has 0 aliphatic heterocycles. The second kappa shape index (κ2) is 7.94. The molecule has 1 aromatic carbocycles. The molecule has 0 saturated carbocycles. The molecule has 0 fully saturated rings. The Labute approximate surface area is 124 Å². The number of nitrogens with one attached hydrogen (secondary N) is 2. The Morgan fingerprint density at radius 1 is 1.33 bits per heavy atom. The average Bonchev–Trinajstić information content (AvgIpc) is 2.40. The Morgan fingerprint density at radius 2 is 2.00 bits per heavy atom. The van der Waals surface area contributed by atoms with Gasteiger partial charge in [-0.05, 0) is 18.6 Å². The zero-order valence-corrected chi connectivity index (χ0v) is 12.9. The van der Waals surface area contributed by atoms with Crippen molar-refractivity contribution in [2.45, 2.75) is 13.3 Å². The topological polar surface area (TPSA) is 78.5 Å². The van der Waals surface area contributed by atoms with E-state index in [1.807, 2.05) is 0 Å². The number of sulfonamides is 1. The summed E-state index contributed by atoms with van der Waals surface area (Å²) in [6, 6.07) is 5.33. The number of anilines is 1. The number of amides is 2. The Balaban J connectivity index is 2.33. The summed E-state index contributed by atoms with van der Waals surface area (Å²) in [5.74, 6) is -0.512. The molecule has 0 aliphatic rings. The Bertz CT molecular complexity index is 578. The molecule has 8 heteroatoms. The van der Waals surface area contributed by atoms with Gasteiger partial charge in [0.05, 0.1) is 11.9 Å². The largest absolute Gasteiger partial charge is 0.338 e. The van der Waals surface area contributed by atoms with E-state index >= 15 is 0 Å². The molecular formula is C13H20FN3O3S. The average molecular weight is 317 g/mol. The van der Waals surface area contributed by atoms with Crippen LogP contribution in [-0.4, -0.2) is 44.6 Å². The minimum Gasteiger partial charge on any atom is -0.338 e. The number of nitrogens with zero attached hydrogens (tertiary/aromatic N) is 1. The van der Waals surface area contributed by atoms with Crippen molar-refractivity contribution in [1.82, 2.24) is 9.62 Å². The third-order valence-corrected chi connectivity index (χ3v) is 4.19. The van der Waals surface area contributed by atoms with Crippen molar-refractivity contribution in [1.29, 1.82) is 0 Å². The molecule has 2 amide bonds. The van der Waals surface area contributed by atoms with Crippen LogP contribution in [0.25, 0.3) is 0 Å². The van der Waals surface area contributed by atoms with Gasteiger partial charge in [-0.2, -0.15) is 0 Å². The van der Waals surface area contributed by atoms with Crippen molar-refractivity contribution < 1.29 is 17.6 Å². The van der Waals surface area contributed by atoms with E-state index < -0.39 is 21.9 Å². The molecule has 0 atom stereocenters. The molecule has 0 spiro atoms. The summed E-state index contributed by atoms with van der Waals surface area (Å²) < 4.78 is 37.3. The van der Waals surface area contributed by atoms with Crippen molar-refractivity contribution in [3.8, 4) is 0 Å². The van der Waals surface area contributed by atoms with Crippen LogP contribution >= 0.6 is 0 Å². The maximum Gasteiger partial charge on any atom is 0.319 e. The zero-order valence-electron chi connectivity index (χ0n) is 12.1. The molecule has 1 aromatic rings. The van der Waals surface area contributed by atoms with Crippen LogP contribution in [0.1, 0.15) is 13.3 Å². The van der Waals surface area contributed by atoms with E-state index in [-0.39, 0.29) is 5.69 Å². The molecule has 0 bridgehead atoms. The highest BCUT2D eigenvalue weighted by Gasteiger charge is 2.13. The van der Waals surface area contributed by atoms with Gasteiger partial charge < -0.3 is 10.6 Å². The van der Waals surface area contributed by atoms with Crippen LogP contribution in [0.4, 0.5) is 14.9 Å². The predicted octanol–water partition coefficient (Wildman–Crippen LogP) is 1.62. The number of para-hydroxylation sites is 1. The van der Waals surface area contributed by atoms with Gasteiger partial charge >= 0.3 is 6.03 Å². The van der Waals surface area contributed by atoms with Gasteiger partial charge in [-0.3, -0.25) is 0 Å². The van der Waals surface area contributed by atoms with Crippen molar-refractivity contribution in [3.63, 3.8) is 0 Å². The lowest BCUT2D eigenvalue weighted by Crippen LogP contribution is -2.34. The van der Waals surface area contributed by atoms with E-state index in [1.165, 1.54) is 22.5 Å². The quantitative estimate of drug-likeness (QED) is 0.750. The maximum absolute atomic E-state index is 13.3. The SMILES string of the molecule is CCN(CCCNC(=O)Nc1ccccc1F)S(C)(=O)=O. The van der Waals surface area contributed by atoms with Gasteiger partial charge in [0.2, 0.25) is 10.0 Å². The monoisotopic (exact) mass is 317 g/mol. The molecule has 0 unspecified atom stereocenters. The van der Waals surface area contributed by atoms with Crippen LogP contribution in [0.3, 0.4) is 0 Å². The maximum atomic E-state index is 13.3. The third-order valence-electron chi connectivity index (χ3n) is 2.81. The predicted molar refractivity (Wildman–Crippen MR) is 80.1 cm³/mol. The summed E-state index contributed by atoms with van der Waals surface area (Å²) >= 11 is 0. The van der Waals surface area contributed by atoms with Gasteiger partial charge in [0.15, 0.2) is 0 Å². The van der Waals surface area contributed by atoms with E-state index in [0.717, 1.165) is 6.26 Å². The summed E-state index contributed by atoms with van der Waals surface area (Å²) in [5.41, 5.74) is 0.0984. The summed E-state index contributed by atoms with van der Waals surface area (Å²) in [6.07, 6.45) is 1.63. The van der Waals surface area contributed by atoms with Gasteiger partial charge in [-0.15, -0.1) is 0 Å². The van der Waals surface area contributed by atoms with E-state index in [1.54, 1.807) is 13.0 Å². The summed E-state index contributed by atoms with van der Waals surface area (Å²) in [7, 11) is -3.21. The molecule has 0 heterocycles. The lowest BCUT2D eigenvalue weighted by atomic mass is 10.3. The number of urea groups is 1. The summed E-state index contributed by atoms with van der Waals surface area (Å²) in [4.78, 5) is 11.6. The molecule has 1 rings (SSSR count). The van der Waals surface area contributed by atoms with Gasteiger partial charge in [-0.1, -0.05) is 19.1 Å². The number of carbonyl (C=O) groups is 1. The number of rotatable bonds is 7. The van der Waals surface area contributed by atoms with Gasteiger partial charge in [0.25, 0.3) is 0 Å². The van der Waals surface area contributed by atoms with Gasteiger partial charge in [-0.25, -0.2) is 21.9 Å². The number of carbonyl (C=O) groups excluding carboxylic acids is 1. The van der Waals surface area contributed by atoms with E-state index in [9.17, 15) is 17.6 Å². The number of halogens is 1. The Hall–Kier alpha value is -1.67. The molecule has 6 nitrogen and oxygen atoms in total. The zero-order chi connectivity index (χ0) is 15.9. The molecule has 0 aliphatic carbocycles. The smallest absolute Gasteiger partial charge is 0.319 e. The van der Waals surface area contributed by atoms with E-state index in [0.29, 0.717) is 26.1 Å². The lowest BCUT2D eigenvalue weighted by Gasteiger charge is -2.17. The van der Waals surface area contributed by atoms with Crippen LogP contribution in [0, 0.1) is 5.82 Å². The molecule has 0 aromatic heterocycles. The fourth-order valence-electron chi connectivity index (χ4n) is 1.74. The van der Waals surface area contributed by atoms with Gasteiger partial charge in [0.1, 0.15) is 5.82 Å². The first-order valence-electron chi connectivity index (χ1n) is 6.59. The Morgan fingerprint density at radius 3 is 2.57 bits per heavy atom. The van der Waals surface area contributed by atoms with E-state index in [4.69, 9.17) is 0 Å². The standard InChI is InChI=1S/C13H20FN3O3S/c1-3-17(21(2,19)20)10-6-9-15-13(18)16-12-8-5-4-7-11(12)14/h4-5,7-8H,3,6,9-10H2,1-2H3,(H2,15,16,18). The van der Waals surface area contributed by atoms with Crippen LogP contribution in [0.2, 0.25) is 0 Å². The third kappa shape index (κ3) is 6.09. The molecule has 21 heavy (non-hydrogen) atoms. The second-order valence-electron chi connectivity index (χ2n) is 4.47. The van der Waals surface area contributed by atoms with Crippen molar-refractivity contribution in [3.05, 3.63) is 30.1 Å². The normalized spacial score (nSPS) is 11.4. The fraction of sp³-hybridized carbons (Fsp3) is 0.462. The highest BCUT2D eigenvalue weighted by molar-refractivity contribution is 7.88. The molecular weight excluding hydrogens is 297 g/mol. The van der Waals surface area contributed by atoms with Crippen molar-refractivity contribution in [2.75, 3.05) is 31.2 Å². The number of hydrogen-bond donors (Lipinski definition) is 2. The van der Waals surface area contributed by atoms with E-state index in [2.05, 4.69) is 10.6 Å². The minimum atomic E-state index is -3.21. The second-order valence-corrected chi connectivity index (χ2v) is 6.45. The number of benzene rings is 1. The summed E-state index contributed by atoms with van der Waals surface area (Å²) in [5, 5.41) is 4.94. The first kappa shape index (κ1) is 17.4. The lowest BCUT2D eigenvalue weighted by molar-refractivity contribution is 0.251. The fourth-order valence-corrected chi connectivity index (χ4v) is 2.67. The highest BCUT2D eigenvalue weighted by Crippen LogP contribution is 2.11. The molecule has 0 saturated heterocycles. The van der Waals surface area contributed by atoms with Crippen molar-refractivity contribution >= 4 is 21.7 Å². The summed E-state index contributed by atoms with van der Waals surface area (Å²) in [6.45, 7) is 2.77. The Kier molecular flexibility index (Phi) is 6.57. The molecule has 2 N–H and O–H groups in total. The van der Waals surface area contributed by atoms with Gasteiger partial charge in [0, 0.05) is 19.6 Å². The van der Waals surface area contributed by atoms with Crippen LogP contribution in [0.5, 0.6) is 0 Å². The van der Waals surface area contributed by atoms with Crippen LogP contribution in [-0.2, 0) is 10.0 Å². The highest BCUT2D eigenvalue weighted by atomic mass is 32.2. The molecule has 118 valence electrons. The number of hydrogen-bond acceptors (Lipinski definition) is 3. The first-order chi connectivity index (χ1) is 9.84. The van der Waals surface area contributed by atoms with Crippen molar-refractivity contribution in [2.24, 2.45) is 0 Å².